The number of amides is 1. The van der Waals surface area contributed by atoms with Gasteiger partial charge in [-0.1, -0.05) is 18.2 Å². The third-order valence-corrected chi connectivity index (χ3v) is 6.93. The Bertz CT molecular complexity index is 1020. The van der Waals surface area contributed by atoms with Crippen molar-refractivity contribution in [1.82, 2.24) is 4.98 Å². The molecule has 5 nitrogen and oxygen atoms in total. The van der Waals surface area contributed by atoms with Crippen LogP contribution in [-0.2, 0) is 16.1 Å². The molecule has 0 saturated heterocycles. The molecule has 0 saturated carbocycles. The van der Waals surface area contributed by atoms with Gasteiger partial charge in [-0.15, -0.1) is 23.1 Å². The molecule has 1 unspecified atom stereocenters. The van der Waals surface area contributed by atoms with Gasteiger partial charge in [-0.25, -0.2) is 4.98 Å². The summed E-state index contributed by atoms with van der Waals surface area (Å²) >= 11 is 6.36. The number of para-hydroxylation sites is 2. The molecule has 1 amide bonds. The first-order valence-corrected chi connectivity index (χ1v) is 10.3. The summed E-state index contributed by atoms with van der Waals surface area (Å²) in [6, 6.07) is 13.5. The number of carboxylic acids is 1. The molecular formula is C18H13BrN2O3S2. The van der Waals surface area contributed by atoms with E-state index in [1.165, 1.54) is 23.1 Å². The molecule has 1 N–H and O–H groups in total. The summed E-state index contributed by atoms with van der Waals surface area (Å²) in [4.78, 5) is 31.3. The van der Waals surface area contributed by atoms with Crippen molar-refractivity contribution in [2.45, 2.75) is 23.1 Å². The number of aliphatic carboxylic acids is 1. The summed E-state index contributed by atoms with van der Waals surface area (Å²) < 4.78 is 1.96. The molecule has 3 aromatic rings. The Hall–Kier alpha value is -1.90. The molecule has 26 heavy (non-hydrogen) atoms. The van der Waals surface area contributed by atoms with Crippen LogP contribution in [0.4, 0.5) is 5.69 Å². The summed E-state index contributed by atoms with van der Waals surface area (Å²) in [7, 11) is 0. The number of carboxylic acid groups (broad SMARTS) is 1. The average molecular weight is 449 g/mol. The lowest BCUT2D eigenvalue weighted by molar-refractivity contribution is -0.138. The van der Waals surface area contributed by atoms with Crippen molar-refractivity contribution in [1.29, 1.82) is 0 Å². The lowest BCUT2D eigenvalue weighted by Crippen LogP contribution is -2.41. The van der Waals surface area contributed by atoms with Gasteiger partial charge in [0.25, 0.3) is 0 Å². The molecular weight excluding hydrogens is 436 g/mol. The Kier molecular flexibility index (Phi) is 4.73. The van der Waals surface area contributed by atoms with Gasteiger partial charge in [0.2, 0.25) is 5.91 Å². The number of carbonyl (C=O) groups is 2. The van der Waals surface area contributed by atoms with E-state index in [1.54, 1.807) is 4.90 Å². The van der Waals surface area contributed by atoms with Crippen molar-refractivity contribution in [2.75, 3.05) is 4.90 Å². The first-order valence-electron chi connectivity index (χ1n) is 7.85. The van der Waals surface area contributed by atoms with Crippen molar-refractivity contribution in [3.05, 3.63) is 51.9 Å². The van der Waals surface area contributed by atoms with Crippen LogP contribution in [0.1, 0.15) is 11.4 Å². The van der Waals surface area contributed by atoms with Gasteiger partial charge in [0.05, 0.1) is 34.1 Å². The van der Waals surface area contributed by atoms with Crippen molar-refractivity contribution in [2.24, 2.45) is 0 Å². The maximum atomic E-state index is 12.9. The summed E-state index contributed by atoms with van der Waals surface area (Å²) in [6.07, 6.45) is -0.195. The molecule has 1 aliphatic heterocycles. The van der Waals surface area contributed by atoms with Crippen LogP contribution in [0, 0.1) is 0 Å². The number of halogens is 1. The van der Waals surface area contributed by atoms with Gasteiger partial charge in [0.1, 0.15) is 5.01 Å². The van der Waals surface area contributed by atoms with Crippen molar-refractivity contribution >= 4 is 66.8 Å². The van der Waals surface area contributed by atoms with E-state index < -0.39 is 11.2 Å². The van der Waals surface area contributed by atoms with Crippen LogP contribution in [0.3, 0.4) is 0 Å². The molecule has 132 valence electrons. The highest BCUT2D eigenvalue weighted by Crippen LogP contribution is 2.41. The number of rotatable bonds is 4. The summed E-state index contributed by atoms with van der Waals surface area (Å²) in [5.74, 6) is -1.16. The van der Waals surface area contributed by atoms with Crippen LogP contribution in [0.2, 0.25) is 0 Å². The number of thioether (sulfide) groups is 1. The van der Waals surface area contributed by atoms with Crippen LogP contribution in [0.15, 0.2) is 51.8 Å². The number of fused-ring (bicyclic) bond motifs is 2. The van der Waals surface area contributed by atoms with Crippen LogP contribution in [0.5, 0.6) is 0 Å². The summed E-state index contributed by atoms with van der Waals surface area (Å²) in [5.41, 5.74) is 1.68. The number of hydrogen-bond donors (Lipinski definition) is 1. The van der Waals surface area contributed by atoms with E-state index in [0.717, 1.165) is 30.3 Å². The van der Waals surface area contributed by atoms with E-state index in [2.05, 4.69) is 20.9 Å². The van der Waals surface area contributed by atoms with E-state index in [0.29, 0.717) is 6.54 Å². The fourth-order valence-corrected chi connectivity index (χ4v) is 5.68. The largest absolute Gasteiger partial charge is 0.481 e. The zero-order valence-electron chi connectivity index (χ0n) is 13.4. The fourth-order valence-electron chi connectivity index (χ4n) is 2.89. The average Bonchev–Trinajstić information content (AvgIpc) is 3.02. The highest BCUT2D eigenvalue weighted by Gasteiger charge is 2.35. The topological polar surface area (TPSA) is 70.5 Å². The number of hydrogen-bond acceptors (Lipinski definition) is 5. The second-order valence-corrected chi connectivity index (χ2v) is 9.00. The Balaban J connectivity index is 1.71. The maximum absolute atomic E-state index is 12.9. The van der Waals surface area contributed by atoms with Gasteiger partial charge < -0.3 is 10.0 Å². The lowest BCUT2D eigenvalue weighted by atomic mass is 10.2. The third kappa shape index (κ3) is 3.24. The van der Waals surface area contributed by atoms with Gasteiger partial charge in [-0.05, 0) is 40.2 Å². The molecule has 0 bridgehead atoms. The summed E-state index contributed by atoms with van der Waals surface area (Å²) in [5, 5.41) is 9.33. The van der Waals surface area contributed by atoms with Gasteiger partial charge in [-0.2, -0.15) is 0 Å². The standard InChI is InChI=1S/C18H13BrN2O3S2/c19-10-4-3-7-13-17(10)20-15(26-13)9-21-11-5-1-2-6-12(11)25-14(18(21)24)8-16(22)23/h1-7,14H,8-9H2,(H,22,23). The number of nitrogens with zero attached hydrogens (tertiary/aromatic N) is 2. The molecule has 1 atom stereocenters. The quantitative estimate of drug-likeness (QED) is 0.634. The molecule has 8 heteroatoms. The predicted molar refractivity (Wildman–Crippen MR) is 107 cm³/mol. The molecule has 4 rings (SSSR count). The minimum Gasteiger partial charge on any atom is -0.481 e. The molecule has 0 aliphatic carbocycles. The minimum atomic E-state index is -0.973. The lowest BCUT2D eigenvalue weighted by Gasteiger charge is -2.32. The van der Waals surface area contributed by atoms with E-state index in [4.69, 9.17) is 5.11 Å². The highest BCUT2D eigenvalue weighted by atomic mass is 79.9. The van der Waals surface area contributed by atoms with E-state index >= 15 is 0 Å². The van der Waals surface area contributed by atoms with Crippen LogP contribution in [0.25, 0.3) is 10.2 Å². The van der Waals surface area contributed by atoms with Crippen LogP contribution in [-0.4, -0.2) is 27.2 Å². The predicted octanol–water partition coefficient (Wildman–Crippen LogP) is 4.54. The number of aromatic nitrogens is 1. The molecule has 1 aromatic heterocycles. The second-order valence-electron chi connectivity index (χ2n) is 5.79. The zero-order valence-corrected chi connectivity index (χ0v) is 16.6. The van der Waals surface area contributed by atoms with Crippen molar-refractivity contribution in [3.63, 3.8) is 0 Å². The SMILES string of the molecule is O=C(O)CC1Sc2ccccc2N(Cc2nc3c(Br)cccc3s2)C1=O. The second kappa shape index (κ2) is 7.02. The minimum absolute atomic E-state index is 0.186. The van der Waals surface area contributed by atoms with Crippen LogP contribution >= 0.6 is 39.0 Å². The normalized spacial score (nSPS) is 16.7. The van der Waals surface area contributed by atoms with Gasteiger partial charge in [0, 0.05) is 9.37 Å². The van der Waals surface area contributed by atoms with E-state index in [1.807, 2.05) is 42.5 Å². The zero-order chi connectivity index (χ0) is 18.3. The Morgan fingerprint density at radius 2 is 2.04 bits per heavy atom. The fraction of sp³-hybridized carbons (Fsp3) is 0.167. The molecule has 0 radical (unpaired) electrons. The number of thiazole rings is 1. The highest BCUT2D eigenvalue weighted by molar-refractivity contribution is 9.10. The van der Waals surface area contributed by atoms with Gasteiger partial charge in [0.15, 0.2) is 0 Å². The summed E-state index contributed by atoms with van der Waals surface area (Å²) in [6.45, 7) is 0.332. The molecule has 0 fully saturated rings. The Morgan fingerprint density at radius 1 is 1.23 bits per heavy atom. The number of anilines is 1. The monoisotopic (exact) mass is 448 g/mol. The van der Waals surface area contributed by atoms with Crippen molar-refractivity contribution < 1.29 is 14.7 Å². The maximum Gasteiger partial charge on any atom is 0.305 e. The Labute approximate surface area is 166 Å². The molecule has 2 heterocycles. The molecule has 1 aliphatic rings. The molecule has 2 aromatic carbocycles. The smallest absolute Gasteiger partial charge is 0.305 e. The first kappa shape index (κ1) is 17.5. The third-order valence-electron chi connectivity index (χ3n) is 4.03. The van der Waals surface area contributed by atoms with Crippen LogP contribution < -0.4 is 4.90 Å². The molecule has 0 spiro atoms. The van der Waals surface area contributed by atoms with Crippen molar-refractivity contribution in [3.8, 4) is 0 Å². The number of carbonyl (C=O) groups excluding carboxylic acids is 1. The van der Waals surface area contributed by atoms with E-state index in [9.17, 15) is 9.59 Å². The Morgan fingerprint density at radius 3 is 2.81 bits per heavy atom. The van der Waals surface area contributed by atoms with Gasteiger partial charge in [-0.3, -0.25) is 9.59 Å². The van der Waals surface area contributed by atoms with E-state index in [-0.39, 0.29) is 12.3 Å². The first-order chi connectivity index (χ1) is 12.5. The van der Waals surface area contributed by atoms with Gasteiger partial charge >= 0.3 is 5.97 Å². The number of benzene rings is 2.